The number of carbonyl (C=O) groups excluding carboxylic acids is 3. The van der Waals surface area contributed by atoms with Crippen molar-refractivity contribution in [1.82, 2.24) is 15.5 Å². The van der Waals surface area contributed by atoms with E-state index in [0.29, 0.717) is 6.54 Å². The zero-order valence-corrected chi connectivity index (χ0v) is 11.2. The molecule has 0 aromatic heterocycles. The maximum absolute atomic E-state index is 11.9. The molecule has 0 radical (unpaired) electrons. The van der Waals surface area contributed by atoms with Gasteiger partial charge in [0.2, 0.25) is 5.91 Å². The molecule has 1 aliphatic heterocycles. The molecule has 106 valence electrons. The minimum Gasteiger partial charge on any atom is -0.396 e. The van der Waals surface area contributed by atoms with Crippen LogP contribution in [0.4, 0.5) is 4.79 Å². The zero-order chi connectivity index (χ0) is 14.3. The summed E-state index contributed by atoms with van der Waals surface area (Å²) in [5, 5.41) is 14.3. The van der Waals surface area contributed by atoms with Gasteiger partial charge in [-0.05, 0) is 26.7 Å². The summed E-state index contributed by atoms with van der Waals surface area (Å²) in [6.45, 7) is 3.33. The first-order valence-electron chi connectivity index (χ1n) is 6.31. The highest BCUT2D eigenvalue weighted by Crippen LogP contribution is 2.44. The molecule has 1 saturated carbocycles. The minimum absolute atomic E-state index is 0.0451. The molecule has 0 spiro atoms. The smallest absolute Gasteiger partial charge is 0.325 e. The Kier molecular flexibility index (Phi) is 3.25. The fraction of sp³-hybridized carbons (Fsp3) is 0.750. The topological polar surface area (TPSA) is 98.7 Å². The molecule has 2 fully saturated rings. The van der Waals surface area contributed by atoms with Gasteiger partial charge in [0.25, 0.3) is 5.91 Å². The summed E-state index contributed by atoms with van der Waals surface area (Å²) in [4.78, 5) is 36.1. The Labute approximate surface area is 111 Å². The number of rotatable bonds is 5. The van der Waals surface area contributed by atoms with Gasteiger partial charge in [-0.2, -0.15) is 0 Å². The number of hydrogen-bond donors (Lipinski definition) is 3. The van der Waals surface area contributed by atoms with E-state index in [-0.39, 0.29) is 24.5 Å². The van der Waals surface area contributed by atoms with Crippen molar-refractivity contribution in [1.29, 1.82) is 0 Å². The second-order valence-electron chi connectivity index (χ2n) is 5.88. The number of urea groups is 1. The molecule has 0 aromatic rings. The summed E-state index contributed by atoms with van der Waals surface area (Å²) in [5.74, 6) is -0.795. The highest BCUT2D eigenvalue weighted by atomic mass is 16.3. The maximum atomic E-state index is 11.9. The zero-order valence-electron chi connectivity index (χ0n) is 11.2. The van der Waals surface area contributed by atoms with Gasteiger partial charge in [-0.25, -0.2) is 4.79 Å². The lowest BCUT2D eigenvalue weighted by Crippen LogP contribution is -2.44. The van der Waals surface area contributed by atoms with Gasteiger partial charge in [0, 0.05) is 12.0 Å². The molecule has 7 nitrogen and oxygen atoms in total. The van der Waals surface area contributed by atoms with Crippen LogP contribution in [-0.4, -0.2) is 53.1 Å². The number of aliphatic hydroxyl groups is 1. The SMILES string of the molecule is CC1(C)NC(=O)N(CC(=O)NCC2(CO)CC2)C1=O. The molecule has 0 aromatic carbocycles. The second-order valence-corrected chi connectivity index (χ2v) is 5.88. The van der Waals surface area contributed by atoms with E-state index in [9.17, 15) is 14.4 Å². The predicted molar refractivity (Wildman–Crippen MR) is 66.1 cm³/mol. The second kappa shape index (κ2) is 4.48. The minimum atomic E-state index is -0.958. The average Bonchev–Trinajstić information content (AvgIpc) is 3.09. The van der Waals surface area contributed by atoms with Crippen molar-refractivity contribution >= 4 is 17.8 Å². The number of imide groups is 1. The Balaban J connectivity index is 1.86. The van der Waals surface area contributed by atoms with Gasteiger partial charge in [-0.3, -0.25) is 14.5 Å². The molecule has 7 heteroatoms. The molecule has 0 bridgehead atoms. The van der Waals surface area contributed by atoms with E-state index in [1.165, 1.54) is 0 Å². The molecule has 0 atom stereocenters. The van der Waals surface area contributed by atoms with E-state index < -0.39 is 17.5 Å². The van der Waals surface area contributed by atoms with Crippen LogP contribution in [0.1, 0.15) is 26.7 Å². The lowest BCUT2D eigenvalue weighted by molar-refractivity contribution is -0.134. The average molecular weight is 269 g/mol. The van der Waals surface area contributed by atoms with Crippen molar-refractivity contribution in [2.24, 2.45) is 5.41 Å². The molecule has 2 aliphatic rings. The van der Waals surface area contributed by atoms with E-state index in [1.807, 2.05) is 0 Å². The number of amides is 4. The highest BCUT2D eigenvalue weighted by molar-refractivity contribution is 6.08. The van der Waals surface area contributed by atoms with Crippen LogP contribution < -0.4 is 10.6 Å². The number of hydrogen-bond acceptors (Lipinski definition) is 4. The summed E-state index contributed by atoms with van der Waals surface area (Å²) < 4.78 is 0. The lowest BCUT2D eigenvalue weighted by atomic mass is 10.1. The van der Waals surface area contributed by atoms with Gasteiger partial charge in [0.05, 0.1) is 6.61 Å². The lowest BCUT2D eigenvalue weighted by Gasteiger charge is -2.17. The highest BCUT2D eigenvalue weighted by Gasteiger charge is 2.45. The van der Waals surface area contributed by atoms with E-state index in [0.717, 1.165) is 17.7 Å². The first-order chi connectivity index (χ1) is 8.80. The third kappa shape index (κ3) is 2.70. The molecule has 1 heterocycles. The summed E-state index contributed by atoms with van der Waals surface area (Å²) >= 11 is 0. The van der Waals surface area contributed by atoms with E-state index in [2.05, 4.69) is 10.6 Å². The molecular formula is C12H19N3O4. The van der Waals surface area contributed by atoms with Crippen LogP contribution in [0.15, 0.2) is 0 Å². The largest absolute Gasteiger partial charge is 0.396 e. The number of aliphatic hydroxyl groups excluding tert-OH is 1. The van der Waals surface area contributed by atoms with Crippen molar-refractivity contribution in [2.45, 2.75) is 32.2 Å². The fourth-order valence-corrected chi connectivity index (χ4v) is 2.01. The molecule has 19 heavy (non-hydrogen) atoms. The normalized spacial score (nSPS) is 23.2. The molecule has 1 saturated heterocycles. The quantitative estimate of drug-likeness (QED) is 0.569. The van der Waals surface area contributed by atoms with Gasteiger partial charge in [-0.1, -0.05) is 0 Å². The first-order valence-corrected chi connectivity index (χ1v) is 6.31. The van der Waals surface area contributed by atoms with E-state index in [1.54, 1.807) is 13.8 Å². The van der Waals surface area contributed by atoms with E-state index >= 15 is 0 Å². The Bertz CT molecular complexity index is 429. The standard InChI is InChI=1S/C12H19N3O4/c1-11(2)9(18)15(10(19)14-11)5-8(17)13-6-12(7-16)3-4-12/h16H,3-7H2,1-2H3,(H,13,17)(H,14,19). The fourth-order valence-electron chi connectivity index (χ4n) is 2.01. The molecule has 2 rings (SSSR count). The van der Waals surface area contributed by atoms with Crippen molar-refractivity contribution in [2.75, 3.05) is 19.7 Å². The van der Waals surface area contributed by atoms with Crippen LogP contribution in [0.5, 0.6) is 0 Å². The number of nitrogens with zero attached hydrogens (tertiary/aromatic N) is 1. The van der Waals surface area contributed by atoms with Crippen LogP contribution in [0.2, 0.25) is 0 Å². The molecule has 3 N–H and O–H groups in total. The Morgan fingerprint density at radius 2 is 2.05 bits per heavy atom. The Morgan fingerprint density at radius 1 is 1.42 bits per heavy atom. The maximum Gasteiger partial charge on any atom is 0.325 e. The van der Waals surface area contributed by atoms with Crippen LogP contribution in [0.25, 0.3) is 0 Å². The summed E-state index contributed by atoms with van der Waals surface area (Å²) in [5.41, 5.74) is -1.15. The van der Waals surface area contributed by atoms with Crippen molar-refractivity contribution in [3.05, 3.63) is 0 Å². The number of nitrogens with one attached hydrogen (secondary N) is 2. The Hall–Kier alpha value is -1.63. The van der Waals surface area contributed by atoms with Gasteiger partial charge >= 0.3 is 6.03 Å². The molecule has 0 unspecified atom stereocenters. The molecule has 4 amide bonds. The van der Waals surface area contributed by atoms with E-state index in [4.69, 9.17) is 5.11 Å². The van der Waals surface area contributed by atoms with Crippen LogP contribution in [0.3, 0.4) is 0 Å². The van der Waals surface area contributed by atoms with Crippen molar-refractivity contribution < 1.29 is 19.5 Å². The monoisotopic (exact) mass is 269 g/mol. The third-order valence-corrected chi connectivity index (χ3v) is 3.70. The van der Waals surface area contributed by atoms with Crippen LogP contribution >= 0.6 is 0 Å². The third-order valence-electron chi connectivity index (χ3n) is 3.70. The molecule has 1 aliphatic carbocycles. The van der Waals surface area contributed by atoms with Gasteiger partial charge in [0.1, 0.15) is 12.1 Å². The molecular weight excluding hydrogens is 250 g/mol. The van der Waals surface area contributed by atoms with Gasteiger partial charge in [-0.15, -0.1) is 0 Å². The van der Waals surface area contributed by atoms with Gasteiger partial charge in [0.15, 0.2) is 0 Å². The van der Waals surface area contributed by atoms with Gasteiger partial charge < -0.3 is 15.7 Å². The Morgan fingerprint density at radius 3 is 2.47 bits per heavy atom. The summed E-state index contributed by atoms with van der Waals surface area (Å²) in [6, 6.07) is -0.548. The van der Waals surface area contributed by atoms with Crippen molar-refractivity contribution in [3.8, 4) is 0 Å². The summed E-state index contributed by atoms with van der Waals surface area (Å²) in [7, 11) is 0. The predicted octanol–water partition coefficient (Wildman–Crippen LogP) is -0.794. The summed E-state index contributed by atoms with van der Waals surface area (Å²) in [6.07, 6.45) is 1.78. The van der Waals surface area contributed by atoms with Crippen molar-refractivity contribution in [3.63, 3.8) is 0 Å². The van der Waals surface area contributed by atoms with Crippen LogP contribution in [-0.2, 0) is 9.59 Å². The first kappa shape index (κ1) is 13.8. The number of carbonyl (C=O) groups is 3. The van der Waals surface area contributed by atoms with Crippen LogP contribution in [0, 0.1) is 5.41 Å².